The molecule has 0 saturated carbocycles. The number of piperidine rings is 1. The Bertz CT molecular complexity index is 658. The van der Waals surface area contributed by atoms with Crippen LogP contribution in [0, 0.1) is 0 Å². The van der Waals surface area contributed by atoms with Crippen LogP contribution >= 0.6 is 0 Å². The summed E-state index contributed by atoms with van der Waals surface area (Å²) >= 11 is 0. The van der Waals surface area contributed by atoms with Crippen molar-refractivity contribution >= 4 is 11.7 Å². The number of carbonyl (C=O) groups excluding carboxylic acids is 1. The number of rotatable bonds is 4. The molecular weight excluding hydrogens is 278 g/mol. The van der Waals surface area contributed by atoms with E-state index in [1.54, 1.807) is 18.3 Å². The molecule has 2 aromatic rings. The van der Waals surface area contributed by atoms with Gasteiger partial charge >= 0.3 is 0 Å². The van der Waals surface area contributed by atoms with Gasteiger partial charge in [0, 0.05) is 44.1 Å². The normalized spacial score (nSPS) is 16.0. The predicted molar refractivity (Wildman–Crippen MR) is 84.8 cm³/mol. The number of amides is 1. The average molecular weight is 299 g/mol. The first kappa shape index (κ1) is 14.6. The minimum Gasteiger partial charge on any atom is -0.365 e. The lowest BCUT2D eigenvalue weighted by Gasteiger charge is -2.33. The predicted octanol–water partition coefficient (Wildman–Crippen LogP) is 1.78. The van der Waals surface area contributed by atoms with Gasteiger partial charge in [-0.05, 0) is 31.9 Å². The van der Waals surface area contributed by atoms with E-state index in [-0.39, 0.29) is 0 Å². The van der Waals surface area contributed by atoms with E-state index in [4.69, 9.17) is 5.73 Å². The number of pyridine rings is 1. The van der Waals surface area contributed by atoms with Crippen LogP contribution in [-0.2, 0) is 6.54 Å². The van der Waals surface area contributed by atoms with Gasteiger partial charge in [0.25, 0.3) is 5.91 Å². The van der Waals surface area contributed by atoms with E-state index in [9.17, 15) is 4.79 Å². The van der Waals surface area contributed by atoms with E-state index in [0.29, 0.717) is 17.3 Å². The largest absolute Gasteiger partial charge is 0.365 e. The van der Waals surface area contributed by atoms with Gasteiger partial charge in [-0.1, -0.05) is 0 Å². The summed E-state index contributed by atoms with van der Waals surface area (Å²) in [5, 5.41) is 0. The minimum atomic E-state index is -0.424. The second kappa shape index (κ2) is 6.17. The van der Waals surface area contributed by atoms with Crippen LogP contribution in [0.5, 0.6) is 0 Å². The van der Waals surface area contributed by atoms with Gasteiger partial charge in [-0.15, -0.1) is 0 Å². The van der Waals surface area contributed by atoms with Crippen molar-refractivity contribution in [2.24, 2.45) is 5.73 Å². The highest BCUT2D eigenvalue weighted by molar-refractivity contribution is 5.97. The summed E-state index contributed by atoms with van der Waals surface area (Å²) in [6.45, 7) is 4.80. The Balaban J connectivity index is 1.74. The summed E-state index contributed by atoms with van der Waals surface area (Å²) < 4.78 is 2.20. The number of imidazole rings is 1. The van der Waals surface area contributed by atoms with Crippen LogP contribution in [0.4, 0.5) is 5.82 Å². The van der Waals surface area contributed by atoms with Gasteiger partial charge < -0.3 is 15.2 Å². The summed E-state index contributed by atoms with van der Waals surface area (Å²) in [7, 11) is 0. The van der Waals surface area contributed by atoms with Crippen LogP contribution in [0.3, 0.4) is 0 Å². The lowest BCUT2D eigenvalue weighted by atomic mass is 9.95. The van der Waals surface area contributed by atoms with E-state index in [1.807, 2.05) is 12.4 Å². The van der Waals surface area contributed by atoms with Crippen LogP contribution in [0.2, 0.25) is 0 Å². The lowest BCUT2D eigenvalue weighted by Crippen LogP contribution is -2.35. The number of nitrogens with zero attached hydrogens (tertiary/aromatic N) is 4. The minimum absolute atomic E-state index is 0.424. The molecule has 1 aliphatic rings. The highest BCUT2D eigenvalue weighted by Crippen LogP contribution is 2.30. The summed E-state index contributed by atoms with van der Waals surface area (Å²) in [6, 6.07) is 3.48. The van der Waals surface area contributed by atoms with Crippen molar-refractivity contribution < 1.29 is 4.79 Å². The third-order valence-corrected chi connectivity index (χ3v) is 4.30. The maximum Gasteiger partial charge on any atom is 0.252 e. The van der Waals surface area contributed by atoms with Crippen molar-refractivity contribution in [3.05, 3.63) is 42.1 Å². The summed E-state index contributed by atoms with van der Waals surface area (Å²) in [5.74, 6) is 1.91. The standard InChI is InChI=1S/C16H21N5O/c1-2-20-11-8-19-15(20)12-5-9-21(10-6-12)16-13(14(17)22)4-3-7-18-16/h3-4,7-8,11-12H,2,5-6,9-10H2,1H3,(H2,17,22). The second-order valence-corrected chi connectivity index (χ2v) is 5.57. The molecule has 3 heterocycles. The van der Waals surface area contributed by atoms with Crippen molar-refractivity contribution in [3.63, 3.8) is 0 Å². The van der Waals surface area contributed by atoms with Crippen LogP contribution in [0.1, 0.15) is 41.9 Å². The fourth-order valence-electron chi connectivity index (χ4n) is 3.14. The molecule has 0 radical (unpaired) electrons. The first-order valence-electron chi connectivity index (χ1n) is 7.71. The molecule has 22 heavy (non-hydrogen) atoms. The second-order valence-electron chi connectivity index (χ2n) is 5.57. The number of primary amides is 1. The summed E-state index contributed by atoms with van der Waals surface area (Å²) in [6.07, 6.45) is 7.62. The lowest BCUT2D eigenvalue weighted by molar-refractivity contribution is 0.100. The van der Waals surface area contributed by atoms with E-state index < -0.39 is 5.91 Å². The van der Waals surface area contributed by atoms with Crippen LogP contribution in [0.25, 0.3) is 0 Å². The number of carbonyl (C=O) groups is 1. The summed E-state index contributed by atoms with van der Waals surface area (Å²) in [5.41, 5.74) is 5.94. The highest BCUT2D eigenvalue weighted by Gasteiger charge is 2.26. The molecule has 0 aliphatic carbocycles. The Morgan fingerprint density at radius 1 is 1.32 bits per heavy atom. The average Bonchev–Trinajstić information content (AvgIpc) is 3.03. The number of hydrogen-bond acceptors (Lipinski definition) is 4. The smallest absolute Gasteiger partial charge is 0.252 e. The van der Waals surface area contributed by atoms with Gasteiger partial charge in [0.1, 0.15) is 11.6 Å². The zero-order valence-electron chi connectivity index (χ0n) is 12.8. The quantitative estimate of drug-likeness (QED) is 0.933. The van der Waals surface area contributed by atoms with Crippen molar-refractivity contribution in [2.45, 2.75) is 32.2 Å². The Morgan fingerprint density at radius 2 is 2.09 bits per heavy atom. The molecule has 6 nitrogen and oxygen atoms in total. The SMILES string of the molecule is CCn1ccnc1C1CCN(c2ncccc2C(N)=O)CC1. The molecule has 1 amide bonds. The third-order valence-electron chi connectivity index (χ3n) is 4.30. The molecular formula is C16H21N5O. The first-order valence-corrected chi connectivity index (χ1v) is 7.71. The topological polar surface area (TPSA) is 77.0 Å². The van der Waals surface area contributed by atoms with Crippen LogP contribution in [-0.4, -0.2) is 33.5 Å². The van der Waals surface area contributed by atoms with E-state index >= 15 is 0 Å². The highest BCUT2D eigenvalue weighted by atomic mass is 16.1. The van der Waals surface area contributed by atoms with Crippen molar-refractivity contribution in [3.8, 4) is 0 Å². The fraction of sp³-hybridized carbons (Fsp3) is 0.438. The van der Waals surface area contributed by atoms with Gasteiger partial charge in [0.15, 0.2) is 0 Å². The van der Waals surface area contributed by atoms with Gasteiger partial charge in [0.05, 0.1) is 5.56 Å². The zero-order chi connectivity index (χ0) is 15.5. The number of aromatic nitrogens is 3. The molecule has 3 rings (SSSR count). The zero-order valence-corrected chi connectivity index (χ0v) is 12.8. The molecule has 0 bridgehead atoms. The monoisotopic (exact) mass is 299 g/mol. The first-order chi connectivity index (χ1) is 10.7. The molecule has 2 aromatic heterocycles. The maximum atomic E-state index is 11.5. The van der Waals surface area contributed by atoms with Crippen LogP contribution in [0.15, 0.2) is 30.7 Å². The molecule has 1 aliphatic heterocycles. The van der Waals surface area contributed by atoms with Crippen molar-refractivity contribution in [1.29, 1.82) is 0 Å². The molecule has 0 aromatic carbocycles. The Labute approximate surface area is 130 Å². The van der Waals surface area contributed by atoms with Crippen molar-refractivity contribution in [1.82, 2.24) is 14.5 Å². The molecule has 1 saturated heterocycles. The number of nitrogens with two attached hydrogens (primary N) is 1. The molecule has 116 valence electrons. The van der Waals surface area contributed by atoms with Crippen molar-refractivity contribution in [2.75, 3.05) is 18.0 Å². The number of aryl methyl sites for hydroxylation is 1. The molecule has 0 unspecified atom stereocenters. The summed E-state index contributed by atoms with van der Waals surface area (Å²) in [4.78, 5) is 22.5. The Morgan fingerprint density at radius 3 is 2.77 bits per heavy atom. The molecule has 2 N–H and O–H groups in total. The van der Waals surface area contributed by atoms with Crippen LogP contribution < -0.4 is 10.6 Å². The third kappa shape index (κ3) is 2.68. The van der Waals surface area contributed by atoms with Gasteiger partial charge in [-0.25, -0.2) is 9.97 Å². The van der Waals surface area contributed by atoms with E-state index in [1.165, 1.54) is 5.82 Å². The van der Waals surface area contributed by atoms with E-state index in [2.05, 4.69) is 26.4 Å². The Hall–Kier alpha value is -2.37. The molecule has 0 atom stereocenters. The molecule has 6 heteroatoms. The Kier molecular flexibility index (Phi) is 4.09. The van der Waals surface area contributed by atoms with Gasteiger partial charge in [-0.2, -0.15) is 0 Å². The van der Waals surface area contributed by atoms with Gasteiger partial charge in [-0.3, -0.25) is 4.79 Å². The fourth-order valence-corrected chi connectivity index (χ4v) is 3.14. The number of hydrogen-bond donors (Lipinski definition) is 1. The van der Waals surface area contributed by atoms with Gasteiger partial charge in [0.2, 0.25) is 0 Å². The molecule has 0 spiro atoms. The number of anilines is 1. The van der Waals surface area contributed by atoms with E-state index in [0.717, 1.165) is 32.5 Å². The molecule has 1 fully saturated rings. The maximum absolute atomic E-state index is 11.5.